The van der Waals surface area contributed by atoms with Gasteiger partial charge >= 0.3 is 0 Å². The van der Waals surface area contributed by atoms with Gasteiger partial charge in [0.15, 0.2) is 0 Å². The van der Waals surface area contributed by atoms with E-state index in [1.807, 2.05) is 22.9 Å². The third-order valence-corrected chi connectivity index (χ3v) is 2.97. The topological polar surface area (TPSA) is 68.9 Å². The van der Waals surface area contributed by atoms with E-state index < -0.39 is 6.10 Å². The number of aromatic nitrogens is 1. The van der Waals surface area contributed by atoms with E-state index in [0.717, 1.165) is 5.56 Å². The highest BCUT2D eigenvalue weighted by Crippen LogP contribution is 2.16. The summed E-state index contributed by atoms with van der Waals surface area (Å²) >= 11 is 1.55. The molecule has 2 heterocycles. The molecule has 0 radical (unpaired) electrons. The summed E-state index contributed by atoms with van der Waals surface area (Å²) < 4.78 is 0. The van der Waals surface area contributed by atoms with Gasteiger partial charge in [-0.3, -0.25) is 0 Å². The van der Waals surface area contributed by atoms with Gasteiger partial charge in [0.05, 0.1) is 6.10 Å². The molecular weight excluding hydrogens is 234 g/mol. The van der Waals surface area contributed by atoms with Crippen LogP contribution in [0.2, 0.25) is 0 Å². The average molecular weight is 245 g/mol. The molecule has 86 valence electrons. The summed E-state index contributed by atoms with van der Waals surface area (Å²) in [6, 6.07) is 9.01. The zero-order chi connectivity index (χ0) is 12.1. The van der Waals surface area contributed by atoms with E-state index in [2.05, 4.69) is 10.3 Å². The second kappa shape index (κ2) is 5.43. The van der Waals surface area contributed by atoms with E-state index in [-0.39, 0.29) is 0 Å². The van der Waals surface area contributed by atoms with Crippen molar-refractivity contribution in [3.63, 3.8) is 0 Å². The number of nitriles is 1. The van der Waals surface area contributed by atoms with E-state index in [0.29, 0.717) is 18.1 Å². The Bertz CT molecular complexity index is 519. The summed E-state index contributed by atoms with van der Waals surface area (Å²) in [6.45, 7) is 0.374. The van der Waals surface area contributed by atoms with Crippen molar-refractivity contribution in [3.8, 4) is 6.07 Å². The fourth-order valence-corrected chi connectivity index (χ4v) is 2.09. The normalized spacial score (nSPS) is 11.8. The minimum Gasteiger partial charge on any atom is -0.387 e. The number of rotatable bonds is 4. The van der Waals surface area contributed by atoms with Crippen LogP contribution in [0.1, 0.15) is 17.4 Å². The van der Waals surface area contributed by atoms with Crippen molar-refractivity contribution in [1.29, 1.82) is 5.26 Å². The molecule has 0 saturated carbocycles. The first-order chi connectivity index (χ1) is 8.29. The first kappa shape index (κ1) is 11.6. The first-order valence-corrected chi connectivity index (χ1v) is 6.05. The van der Waals surface area contributed by atoms with Gasteiger partial charge in [-0.25, -0.2) is 4.98 Å². The highest BCUT2D eigenvalue weighted by molar-refractivity contribution is 7.07. The molecule has 0 aromatic carbocycles. The predicted octanol–water partition coefficient (Wildman–Crippen LogP) is 2.16. The highest BCUT2D eigenvalue weighted by atomic mass is 32.1. The van der Waals surface area contributed by atoms with Crippen LogP contribution in [-0.2, 0) is 0 Å². The van der Waals surface area contributed by atoms with Crippen molar-refractivity contribution in [2.24, 2.45) is 0 Å². The predicted molar refractivity (Wildman–Crippen MR) is 66.7 cm³/mol. The van der Waals surface area contributed by atoms with Gasteiger partial charge in [0.1, 0.15) is 17.6 Å². The second-order valence-corrected chi connectivity index (χ2v) is 4.25. The number of anilines is 1. The number of thiophene rings is 1. The SMILES string of the molecule is N#Cc1cccc(NCC(O)c2ccsc2)n1. The smallest absolute Gasteiger partial charge is 0.142 e. The molecule has 0 saturated heterocycles. The summed E-state index contributed by atoms with van der Waals surface area (Å²) in [6.07, 6.45) is -0.561. The Labute approximate surface area is 103 Å². The molecule has 1 unspecified atom stereocenters. The largest absolute Gasteiger partial charge is 0.387 e. The van der Waals surface area contributed by atoms with Gasteiger partial charge in [-0.05, 0) is 34.5 Å². The number of nitrogens with zero attached hydrogens (tertiary/aromatic N) is 2. The van der Waals surface area contributed by atoms with E-state index in [1.54, 1.807) is 29.5 Å². The Balaban J connectivity index is 1.96. The molecule has 2 N–H and O–H groups in total. The van der Waals surface area contributed by atoms with Gasteiger partial charge in [0.2, 0.25) is 0 Å². The third-order valence-electron chi connectivity index (χ3n) is 2.27. The Morgan fingerprint density at radius 1 is 1.47 bits per heavy atom. The van der Waals surface area contributed by atoms with Gasteiger partial charge in [0.25, 0.3) is 0 Å². The van der Waals surface area contributed by atoms with Gasteiger partial charge in [-0.1, -0.05) is 6.07 Å². The molecule has 4 nitrogen and oxygen atoms in total. The molecule has 5 heteroatoms. The minimum absolute atomic E-state index is 0.361. The van der Waals surface area contributed by atoms with E-state index >= 15 is 0 Å². The van der Waals surface area contributed by atoms with Crippen molar-refractivity contribution in [2.45, 2.75) is 6.10 Å². The lowest BCUT2D eigenvalue weighted by Crippen LogP contribution is -2.12. The lowest BCUT2D eigenvalue weighted by molar-refractivity contribution is 0.192. The maximum Gasteiger partial charge on any atom is 0.142 e. The number of aliphatic hydroxyl groups excluding tert-OH is 1. The summed E-state index contributed by atoms with van der Waals surface area (Å²) in [5, 5.41) is 25.4. The van der Waals surface area contributed by atoms with Crippen LogP contribution >= 0.6 is 11.3 Å². The van der Waals surface area contributed by atoms with Crippen molar-refractivity contribution >= 4 is 17.2 Å². The van der Waals surface area contributed by atoms with Crippen molar-refractivity contribution in [2.75, 3.05) is 11.9 Å². The van der Waals surface area contributed by atoms with E-state index in [4.69, 9.17) is 5.26 Å². The number of nitrogens with one attached hydrogen (secondary N) is 1. The molecule has 0 aliphatic heterocycles. The third kappa shape index (κ3) is 3.03. The molecule has 2 aromatic heterocycles. The van der Waals surface area contributed by atoms with Crippen molar-refractivity contribution < 1.29 is 5.11 Å². The summed E-state index contributed by atoms with van der Waals surface area (Å²) in [4.78, 5) is 4.06. The monoisotopic (exact) mass is 245 g/mol. The molecule has 0 amide bonds. The Kier molecular flexibility index (Phi) is 3.70. The van der Waals surface area contributed by atoms with E-state index in [1.165, 1.54) is 0 Å². The lowest BCUT2D eigenvalue weighted by Gasteiger charge is -2.10. The fraction of sp³-hybridized carbons (Fsp3) is 0.167. The molecule has 2 rings (SSSR count). The standard InChI is InChI=1S/C12H11N3OS/c13-6-10-2-1-3-12(15-10)14-7-11(16)9-4-5-17-8-9/h1-5,8,11,16H,7H2,(H,14,15). The maximum atomic E-state index is 9.85. The number of pyridine rings is 1. The van der Waals surface area contributed by atoms with Crippen molar-refractivity contribution in [1.82, 2.24) is 4.98 Å². The summed E-state index contributed by atoms with van der Waals surface area (Å²) in [5.41, 5.74) is 1.25. The molecule has 0 aliphatic carbocycles. The zero-order valence-electron chi connectivity index (χ0n) is 9.00. The van der Waals surface area contributed by atoms with Crippen LogP contribution in [0.25, 0.3) is 0 Å². The molecule has 0 fully saturated rings. The summed E-state index contributed by atoms with van der Waals surface area (Å²) in [5.74, 6) is 0.596. The van der Waals surface area contributed by atoms with Crippen molar-refractivity contribution in [3.05, 3.63) is 46.3 Å². The second-order valence-electron chi connectivity index (χ2n) is 3.47. The molecule has 2 aromatic rings. The van der Waals surface area contributed by atoms with Crippen LogP contribution in [0.4, 0.5) is 5.82 Å². The quantitative estimate of drug-likeness (QED) is 0.866. The molecule has 0 spiro atoms. The zero-order valence-corrected chi connectivity index (χ0v) is 9.81. The van der Waals surface area contributed by atoms with Crippen LogP contribution in [0, 0.1) is 11.3 Å². The Morgan fingerprint density at radius 2 is 2.35 bits per heavy atom. The van der Waals surface area contributed by atoms with Crippen LogP contribution in [0.15, 0.2) is 35.0 Å². The lowest BCUT2D eigenvalue weighted by atomic mass is 10.2. The maximum absolute atomic E-state index is 9.85. The number of hydrogen-bond acceptors (Lipinski definition) is 5. The Morgan fingerprint density at radius 3 is 3.06 bits per heavy atom. The van der Waals surface area contributed by atoms with Gasteiger partial charge in [-0.15, -0.1) is 0 Å². The highest BCUT2D eigenvalue weighted by Gasteiger charge is 2.07. The number of hydrogen-bond donors (Lipinski definition) is 2. The first-order valence-electron chi connectivity index (χ1n) is 5.11. The van der Waals surface area contributed by atoms with Crippen LogP contribution < -0.4 is 5.32 Å². The minimum atomic E-state index is -0.561. The van der Waals surface area contributed by atoms with Gasteiger partial charge in [0, 0.05) is 6.54 Å². The molecular formula is C12H11N3OS. The van der Waals surface area contributed by atoms with Crippen LogP contribution in [0.3, 0.4) is 0 Å². The number of aliphatic hydroxyl groups is 1. The molecule has 17 heavy (non-hydrogen) atoms. The molecule has 1 atom stereocenters. The van der Waals surface area contributed by atoms with Gasteiger partial charge in [-0.2, -0.15) is 16.6 Å². The Hall–Kier alpha value is -1.90. The van der Waals surface area contributed by atoms with E-state index in [9.17, 15) is 5.11 Å². The summed E-state index contributed by atoms with van der Waals surface area (Å²) in [7, 11) is 0. The van der Waals surface area contributed by atoms with Crippen LogP contribution in [0.5, 0.6) is 0 Å². The van der Waals surface area contributed by atoms with Crippen LogP contribution in [-0.4, -0.2) is 16.6 Å². The molecule has 0 bridgehead atoms. The molecule has 0 aliphatic rings. The average Bonchev–Trinajstić information content (AvgIpc) is 2.90. The van der Waals surface area contributed by atoms with Gasteiger partial charge < -0.3 is 10.4 Å². The fourth-order valence-electron chi connectivity index (χ4n) is 1.38.